The molecule has 3 heteroatoms. The summed E-state index contributed by atoms with van der Waals surface area (Å²) in [5, 5.41) is 10.3. The lowest BCUT2D eigenvalue weighted by molar-refractivity contribution is 0.0480. The Morgan fingerprint density at radius 3 is 2.71 bits per heavy atom. The number of nitrogens with zero attached hydrogens (tertiary/aromatic N) is 2. The van der Waals surface area contributed by atoms with Gasteiger partial charge in [0.05, 0.1) is 16.6 Å². The molecule has 0 bridgehead atoms. The summed E-state index contributed by atoms with van der Waals surface area (Å²) in [6, 6.07) is 8.06. The second-order valence-electron chi connectivity index (χ2n) is 5.00. The Morgan fingerprint density at radius 1 is 1.35 bits per heavy atom. The van der Waals surface area contributed by atoms with Crippen molar-refractivity contribution in [3.05, 3.63) is 30.1 Å². The Bertz CT molecular complexity index is 514. The van der Waals surface area contributed by atoms with E-state index in [0.29, 0.717) is 6.42 Å². The molecule has 0 amide bonds. The molecule has 3 nitrogen and oxygen atoms in total. The molecule has 0 aliphatic rings. The molecule has 17 heavy (non-hydrogen) atoms. The van der Waals surface area contributed by atoms with Gasteiger partial charge in [0.1, 0.15) is 5.82 Å². The maximum atomic E-state index is 10.3. The normalized spacial score (nSPS) is 15.1. The van der Waals surface area contributed by atoms with E-state index in [1.54, 1.807) is 0 Å². The van der Waals surface area contributed by atoms with Crippen molar-refractivity contribution in [2.75, 3.05) is 0 Å². The minimum atomic E-state index is -0.663. The van der Waals surface area contributed by atoms with Crippen LogP contribution in [0.25, 0.3) is 11.0 Å². The summed E-state index contributed by atoms with van der Waals surface area (Å²) in [5.74, 6) is 0.949. The fourth-order valence-corrected chi connectivity index (χ4v) is 2.32. The van der Waals surface area contributed by atoms with Crippen LogP contribution < -0.4 is 0 Å². The first kappa shape index (κ1) is 12.1. The number of rotatable bonds is 4. The topological polar surface area (TPSA) is 38.1 Å². The molecule has 2 rings (SSSR count). The van der Waals surface area contributed by atoms with Gasteiger partial charge in [-0.1, -0.05) is 25.5 Å². The molecule has 0 spiro atoms. The molecule has 0 fully saturated rings. The van der Waals surface area contributed by atoms with Gasteiger partial charge in [-0.2, -0.15) is 0 Å². The van der Waals surface area contributed by atoms with Crippen molar-refractivity contribution in [3.63, 3.8) is 0 Å². The Labute approximate surface area is 102 Å². The Kier molecular flexibility index (Phi) is 3.20. The molecule has 1 aromatic heterocycles. The van der Waals surface area contributed by atoms with Crippen LogP contribution in [0, 0.1) is 0 Å². The van der Waals surface area contributed by atoms with Crippen LogP contribution in [-0.2, 0) is 13.5 Å². The largest absolute Gasteiger partial charge is 0.390 e. The molecule has 92 valence electrons. The van der Waals surface area contributed by atoms with Crippen LogP contribution in [0.1, 0.15) is 32.5 Å². The van der Waals surface area contributed by atoms with Crippen LogP contribution in [0.4, 0.5) is 0 Å². The summed E-state index contributed by atoms with van der Waals surface area (Å²) in [4.78, 5) is 4.58. The highest BCUT2D eigenvalue weighted by atomic mass is 16.3. The van der Waals surface area contributed by atoms with Gasteiger partial charge in [0, 0.05) is 13.5 Å². The smallest absolute Gasteiger partial charge is 0.112 e. The number of aryl methyl sites for hydroxylation is 1. The van der Waals surface area contributed by atoms with Gasteiger partial charge in [-0.25, -0.2) is 4.98 Å². The summed E-state index contributed by atoms with van der Waals surface area (Å²) in [5.41, 5.74) is 1.45. The van der Waals surface area contributed by atoms with Gasteiger partial charge < -0.3 is 9.67 Å². The van der Waals surface area contributed by atoms with E-state index in [0.717, 1.165) is 29.7 Å². The van der Waals surface area contributed by atoms with E-state index in [2.05, 4.69) is 22.5 Å². The molecule has 0 saturated heterocycles. The fourth-order valence-electron chi connectivity index (χ4n) is 2.32. The van der Waals surface area contributed by atoms with Gasteiger partial charge >= 0.3 is 0 Å². The van der Waals surface area contributed by atoms with E-state index in [9.17, 15) is 5.11 Å². The SMILES string of the molecule is CCCC(C)(O)Cc1nc2ccccc2n1C. The van der Waals surface area contributed by atoms with Gasteiger partial charge in [0.15, 0.2) is 0 Å². The molecule has 1 heterocycles. The maximum Gasteiger partial charge on any atom is 0.112 e. The molecule has 0 radical (unpaired) electrons. The minimum Gasteiger partial charge on any atom is -0.390 e. The fraction of sp³-hybridized carbons (Fsp3) is 0.500. The summed E-state index contributed by atoms with van der Waals surface area (Å²) in [7, 11) is 2.01. The first-order valence-electron chi connectivity index (χ1n) is 6.16. The third kappa shape index (κ3) is 2.50. The van der Waals surface area contributed by atoms with E-state index in [1.165, 1.54) is 0 Å². The zero-order chi connectivity index (χ0) is 12.5. The van der Waals surface area contributed by atoms with Crippen LogP contribution >= 0.6 is 0 Å². The number of aliphatic hydroxyl groups is 1. The van der Waals surface area contributed by atoms with Crippen LogP contribution in [0.5, 0.6) is 0 Å². The molecule has 1 N–H and O–H groups in total. The number of fused-ring (bicyclic) bond motifs is 1. The zero-order valence-electron chi connectivity index (χ0n) is 10.8. The van der Waals surface area contributed by atoms with Crippen molar-refractivity contribution in [2.24, 2.45) is 7.05 Å². The Balaban J connectivity index is 2.33. The van der Waals surface area contributed by atoms with Crippen molar-refractivity contribution in [2.45, 2.75) is 38.7 Å². The van der Waals surface area contributed by atoms with Gasteiger partial charge in [-0.15, -0.1) is 0 Å². The lowest BCUT2D eigenvalue weighted by atomic mass is 9.96. The number of para-hydroxylation sites is 2. The first-order valence-corrected chi connectivity index (χ1v) is 6.16. The summed E-state index contributed by atoms with van der Waals surface area (Å²) >= 11 is 0. The number of hydrogen-bond acceptors (Lipinski definition) is 2. The van der Waals surface area contributed by atoms with Gasteiger partial charge in [0.25, 0.3) is 0 Å². The molecule has 2 aromatic rings. The van der Waals surface area contributed by atoms with Crippen LogP contribution in [0.3, 0.4) is 0 Å². The van der Waals surface area contributed by atoms with Crippen molar-refractivity contribution in [1.82, 2.24) is 9.55 Å². The second kappa shape index (κ2) is 4.49. The molecule has 0 aliphatic heterocycles. The predicted octanol–water partition coefficient (Wildman–Crippen LogP) is 2.67. The Morgan fingerprint density at radius 2 is 2.06 bits per heavy atom. The van der Waals surface area contributed by atoms with Crippen LogP contribution in [0.15, 0.2) is 24.3 Å². The molecular formula is C14H20N2O. The standard InChI is InChI=1S/C14H20N2O/c1-4-9-14(2,17)10-13-15-11-7-5-6-8-12(11)16(13)3/h5-8,17H,4,9-10H2,1-3H3. The minimum absolute atomic E-state index is 0.603. The van der Waals surface area contributed by atoms with Crippen molar-refractivity contribution < 1.29 is 5.11 Å². The van der Waals surface area contributed by atoms with E-state index < -0.39 is 5.60 Å². The highest BCUT2D eigenvalue weighted by Crippen LogP contribution is 2.21. The van der Waals surface area contributed by atoms with Crippen LogP contribution in [-0.4, -0.2) is 20.3 Å². The highest BCUT2D eigenvalue weighted by molar-refractivity contribution is 5.75. The summed E-state index contributed by atoms with van der Waals surface area (Å²) in [6.07, 6.45) is 2.39. The zero-order valence-corrected chi connectivity index (χ0v) is 10.8. The molecule has 1 unspecified atom stereocenters. The number of imidazole rings is 1. The maximum absolute atomic E-state index is 10.3. The predicted molar refractivity (Wildman–Crippen MR) is 69.9 cm³/mol. The Hall–Kier alpha value is -1.35. The number of benzene rings is 1. The summed E-state index contributed by atoms with van der Waals surface area (Å²) in [6.45, 7) is 3.97. The van der Waals surface area contributed by atoms with Crippen molar-refractivity contribution in [1.29, 1.82) is 0 Å². The third-order valence-corrected chi connectivity index (χ3v) is 3.21. The second-order valence-corrected chi connectivity index (χ2v) is 5.00. The first-order chi connectivity index (χ1) is 8.03. The third-order valence-electron chi connectivity index (χ3n) is 3.21. The van der Waals surface area contributed by atoms with Crippen molar-refractivity contribution in [3.8, 4) is 0 Å². The van der Waals surface area contributed by atoms with E-state index in [1.807, 2.05) is 32.2 Å². The van der Waals surface area contributed by atoms with Crippen LogP contribution in [0.2, 0.25) is 0 Å². The lowest BCUT2D eigenvalue weighted by Crippen LogP contribution is -2.28. The van der Waals surface area contributed by atoms with E-state index >= 15 is 0 Å². The van der Waals surface area contributed by atoms with Gasteiger partial charge in [-0.3, -0.25) is 0 Å². The monoisotopic (exact) mass is 232 g/mol. The molecule has 0 aliphatic carbocycles. The van der Waals surface area contributed by atoms with E-state index in [-0.39, 0.29) is 0 Å². The highest BCUT2D eigenvalue weighted by Gasteiger charge is 2.22. The molecule has 0 saturated carbocycles. The average molecular weight is 232 g/mol. The number of hydrogen-bond donors (Lipinski definition) is 1. The lowest BCUT2D eigenvalue weighted by Gasteiger charge is -2.22. The summed E-state index contributed by atoms with van der Waals surface area (Å²) < 4.78 is 2.07. The van der Waals surface area contributed by atoms with Gasteiger partial charge in [-0.05, 0) is 25.5 Å². The molecule has 1 aromatic carbocycles. The number of aromatic nitrogens is 2. The van der Waals surface area contributed by atoms with Gasteiger partial charge in [0.2, 0.25) is 0 Å². The van der Waals surface area contributed by atoms with Crippen molar-refractivity contribution >= 4 is 11.0 Å². The average Bonchev–Trinajstić information content (AvgIpc) is 2.56. The van der Waals surface area contributed by atoms with E-state index in [4.69, 9.17) is 0 Å². The molecule has 1 atom stereocenters. The molecular weight excluding hydrogens is 212 g/mol. The quantitative estimate of drug-likeness (QED) is 0.880.